The summed E-state index contributed by atoms with van der Waals surface area (Å²) in [6, 6.07) is 3.42. The van der Waals surface area contributed by atoms with Crippen LogP contribution >= 0.6 is 23.2 Å². The fourth-order valence-corrected chi connectivity index (χ4v) is 1.80. The fourth-order valence-electron chi connectivity index (χ4n) is 1.53. The molecule has 0 aliphatic rings. The van der Waals surface area contributed by atoms with Crippen molar-refractivity contribution in [3.63, 3.8) is 0 Å². The van der Waals surface area contributed by atoms with E-state index in [1.54, 1.807) is 29.9 Å². The molecule has 0 atom stereocenters. The van der Waals surface area contributed by atoms with Gasteiger partial charge in [-0.2, -0.15) is 5.10 Å². The molecule has 18 heavy (non-hydrogen) atoms. The minimum atomic E-state index is -0.577. The second kappa shape index (κ2) is 4.96. The van der Waals surface area contributed by atoms with E-state index in [0.29, 0.717) is 5.69 Å². The normalized spacial score (nSPS) is 10.6. The monoisotopic (exact) mass is 285 g/mol. The summed E-state index contributed by atoms with van der Waals surface area (Å²) in [5.41, 5.74) is -0.0819. The summed E-state index contributed by atoms with van der Waals surface area (Å²) in [7, 11) is 1.75. The summed E-state index contributed by atoms with van der Waals surface area (Å²) in [4.78, 5) is 23.7. The highest BCUT2D eigenvalue weighted by atomic mass is 35.5. The molecule has 2 aromatic heterocycles. The Labute approximate surface area is 113 Å². The Bertz CT molecular complexity index is 661. The van der Waals surface area contributed by atoms with E-state index in [2.05, 4.69) is 5.10 Å². The van der Waals surface area contributed by atoms with Crippen LogP contribution in [0.15, 0.2) is 29.3 Å². The van der Waals surface area contributed by atoms with E-state index < -0.39 is 5.56 Å². The summed E-state index contributed by atoms with van der Waals surface area (Å²) in [5, 5.41) is 3.72. The van der Waals surface area contributed by atoms with Gasteiger partial charge in [0, 0.05) is 13.2 Å². The van der Waals surface area contributed by atoms with Crippen LogP contribution in [0.2, 0.25) is 10.0 Å². The van der Waals surface area contributed by atoms with Crippen LogP contribution in [-0.2, 0) is 13.6 Å². The van der Waals surface area contributed by atoms with Crippen molar-refractivity contribution in [2.45, 2.75) is 6.54 Å². The smallest absolute Gasteiger partial charge is 0.287 e. The molecular formula is C11H9Cl2N3O2. The van der Waals surface area contributed by atoms with Gasteiger partial charge in [-0.1, -0.05) is 23.2 Å². The first-order valence-electron chi connectivity index (χ1n) is 5.06. The zero-order chi connectivity index (χ0) is 13.3. The number of aromatic nitrogens is 3. The number of aryl methyl sites for hydroxylation is 1. The van der Waals surface area contributed by atoms with Crippen LogP contribution < -0.4 is 5.56 Å². The van der Waals surface area contributed by atoms with Gasteiger partial charge in [0.15, 0.2) is 0 Å². The quantitative estimate of drug-likeness (QED) is 0.808. The van der Waals surface area contributed by atoms with Gasteiger partial charge in [-0.15, -0.1) is 0 Å². The van der Waals surface area contributed by atoms with Gasteiger partial charge >= 0.3 is 0 Å². The van der Waals surface area contributed by atoms with Crippen LogP contribution in [0, 0.1) is 0 Å². The molecule has 0 amide bonds. The molecule has 0 unspecified atom stereocenters. The Hall–Kier alpha value is -1.59. The largest absolute Gasteiger partial charge is 0.348 e. The maximum absolute atomic E-state index is 11.9. The van der Waals surface area contributed by atoms with Gasteiger partial charge in [-0.3, -0.25) is 9.59 Å². The Balaban J connectivity index is 2.31. The molecule has 2 rings (SSSR count). The van der Waals surface area contributed by atoms with Crippen molar-refractivity contribution in [2.75, 3.05) is 0 Å². The van der Waals surface area contributed by atoms with Crippen molar-refractivity contribution in [2.24, 2.45) is 7.05 Å². The van der Waals surface area contributed by atoms with Crippen LogP contribution in [-0.4, -0.2) is 20.1 Å². The number of carbonyl (C=O) groups excluding carboxylic acids is 1. The molecule has 0 aromatic carbocycles. The number of ketones is 1. The van der Waals surface area contributed by atoms with Crippen LogP contribution in [0.5, 0.6) is 0 Å². The first-order chi connectivity index (χ1) is 8.50. The van der Waals surface area contributed by atoms with Crippen LogP contribution in [0.3, 0.4) is 0 Å². The fraction of sp³-hybridized carbons (Fsp3) is 0.182. The number of hydrogen-bond donors (Lipinski definition) is 0. The van der Waals surface area contributed by atoms with Gasteiger partial charge in [-0.25, -0.2) is 4.68 Å². The lowest BCUT2D eigenvalue weighted by Crippen LogP contribution is -2.27. The molecule has 0 aliphatic heterocycles. The second-order valence-electron chi connectivity index (χ2n) is 3.70. The highest BCUT2D eigenvalue weighted by molar-refractivity contribution is 6.41. The van der Waals surface area contributed by atoms with Gasteiger partial charge in [0.05, 0.1) is 16.9 Å². The van der Waals surface area contributed by atoms with Gasteiger partial charge < -0.3 is 4.57 Å². The van der Waals surface area contributed by atoms with Crippen molar-refractivity contribution >= 4 is 29.0 Å². The number of nitrogens with zero attached hydrogens (tertiary/aromatic N) is 3. The predicted octanol–water partition coefficient (Wildman–Crippen LogP) is 1.77. The Morgan fingerprint density at radius 2 is 2.17 bits per heavy atom. The third kappa shape index (κ3) is 2.32. The number of halogens is 2. The molecule has 0 N–H and O–H groups in total. The molecule has 0 radical (unpaired) electrons. The van der Waals surface area contributed by atoms with E-state index in [-0.39, 0.29) is 22.4 Å². The molecule has 94 valence electrons. The summed E-state index contributed by atoms with van der Waals surface area (Å²) in [6.45, 7) is -0.173. The Morgan fingerprint density at radius 3 is 2.78 bits per heavy atom. The Morgan fingerprint density at radius 1 is 1.44 bits per heavy atom. The number of rotatable bonds is 3. The average molecular weight is 286 g/mol. The molecule has 0 saturated carbocycles. The number of Topliss-reactive ketones (excluding diaryl/α,β-unsaturated/α-hetero) is 1. The molecule has 2 heterocycles. The molecule has 0 saturated heterocycles. The first kappa shape index (κ1) is 12.9. The summed E-state index contributed by atoms with van der Waals surface area (Å²) >= 11 is 11.4. The van der Waals surface area contributed by atoms with Gasteiger partial charge in [0.2, 0.25) is 5.78 Å². The molecule has 5 nitrogen and oxygen atoms in total. The second-order valence-corrected chi connectivity index (χ2v) is 4.48. The van der Waals surface area contributed by atoms with Crippen molar-refractivity contribution in [1.82, 2.24) is 14.3 Å². The molecule has 7 heteroatoms. The zero-order valence-corrected chi connectivity index (χ0v) is 10.9. The maximum atomic E-state index is 11.9. The molecule has 0 bridgehead atoms. The summed E-state index contributed by atoms with van der Waals surface area (Å²) < 4.78 is 2.66. The summed E-state index contributed by atoms with van der Waals surface area (Å²) in [5.74, 6) is -0.226. The lowest BCUT2D eigenvalue weighted by Gasteiger charge is -2.05. The lowest BCUT2D eigenvalue weighted by molar-refractivity contribution is 0.0957. The number of hydrogen-bond acceptors (Lipinski definition) is 3. The number of carbonyl (C=O) groups is 1. The van der Waals surface area contributed by atoms with Crippen molar-refractivity contribution in [3.05, 3.63) is 50.6 Å². The molecule has 0 fully saturated rings. The zero-order valence-electron chi connectivity index (χ0n) is 9.43. The van der Waals surface area contributed by atoms with Crippen LogP contribution in [0.25, 0.3) is 0 Å². The minimum absolute atomic E-state index is 0.0734. The van der Waals surface area contributed by atoms with E-state index >= 15 is 0 Å². The van der Waals surface area contributed by atoms with E-state index in [4.69, 9.17) is 23.2 Å². The standard InChI is InChI=1S/C11H9Cl2N3O2/c1-15-4-2-3-8(15)9(17)6-16-11(18)10(13)7(12)5-14-16/h2-5H,6H2,1H3. The Kier molecular flexibility index (Phi) is 3.54. The molecular weight excluding hydrogens is 277 g/mol. The van der Waals surface area contributed by atoms with E-state index in [0.717, 1.165) is 4.68 Å². The molecule has 2 aromatic rings. The maximum Gasteiger partial charge on any atom is 0.287 e. The van der Waals surface area contributed by atoms with E-state index in [1.807, 2.05) is 0 Å². The lowest BCUT2D eigenvalue weighted by atomic mass is 10.3. The van der Waals surface area contributed by atoms with Gasteiger partial charge in [0.1, 0.15) is 11.6 Å². The molecule has 0 aliphatic carbocycles. The van der Waals surface area contributed by atoms with Crippen molar-refractivity contribution < 1.29 is 4.79 Å². The van der Waals surface area contributed by atoms with Gasteiger partial charge in [-0.05, 0) is 12.1 Å². The highest BCUT2D eigenvalue weighted by Gasteiger charge is 2.13. The van der Waals surface area contributed by atoms with Crippen molar-refractivity contribution in [1.29, 1.82) is 0 Å². The predicted molar refractivity (Wildman–Crippen MR) is 68.3 cm³/mol. The van der Waals surface area contributed by atoms with Crippen LogP contribution in [0.1, 0.15) is 10.5 Å². The molecule has 0 spiro atoms. The van der Waals surface area contributed by atoms with E-state index in [1.165, 1.54) is 6.20 Å². The van der Waals surface area contributed by atoms with Crippen LogP contribution in [0.4, 0.5) is 0 Å². The highest BCUT2D eigenvalue weighted by Crippen LogP contribution is 2.14. The van der Waals surface area contributed by atoms with Crippen molar-refractivity contribution in [3.8, 4) is 0 Å². The van der Waals surface area contributed by atoms with E-state index in [9.17, 15) is 9.59 Å². The minimum Gasteiger partial charge on any atom is -0.348 e. The first-order valence-corrected chi connectivity index (χ1v) is 5.82. The third-order valence-corrected chi connectivity index (χ3v) is 3.21. The summed E-state index contributed by atoms with van der Waals surface area (Å²) in [6.07, 6.45) is 2.99. The topological polar surface area (TPSA) is 56.9 Å². The SMILES string of the molecule is Cn1cccc1C(=O)Cn1ncc(Cl)c(Cl)c1=O. The third-order valence-electron chi connectivity index (χ3n) is 2.47. The average Bonchev–Trinajstić information content (AvgIpc) is 2.76. The van der Waals surface area contributed by atoms with Gasteiger partial charge in [0.25, 0.3) is 5.56 Å².